The van der Waals surface area contributed by atoms with Crippen molar-refractivity contribution in [2.24, 2.45) is 10.2 Å². The molecule has 0 aliphatic carbocycles. The van der Waals surface area contributed by atoms with Gasteiger partial charge in [0.05, 0.1) is 49.7 Å². The highest BCUT2D eigenvalue weighted by Gasteiger charge is 2.14. The van der Waals surface area contributed by atoms with Gasteiger partial charge in [-0.1, -0.05) is 0 Å². The van der Waals surface area contributed by atoms with Crippen molar-refractivity contribution >= 4 is 38.7 Å². The third kappa shape index (κ3) is 8.63. The second-order valence-corrected chi connectivity index (χ2v) is 11.7. The normalized spacial score (nSPS) is 12.4. The Labute approximate surface area is 191 Å². The van der Waals surface area contributed by atoms with Crippen molar-refractivity contribution in [3.8, 4) is 0 Å². The maximum Gasteiger partial charge on any atom is 0.179 e. The molecule has 8 heteroatoms. The summed E-state index contributed by atoms with van der Waals surface area (Å²) in [5.41, 5.74) is 2.55. The SMILES string of the molecule is CCN(CC)c1ccc(N=Nc2ccc(S(=O)(=O)CCSCC[N+](C)(C)C)cc2)cc1. The number of thioether (sulfide) groups is 1. The van der Waals surface area contributed by atoms with Crippen LogP contribution in [0.15, 0.2) is 63.7 Å². The Balaban J connectivity index is 1.92. The summed E-state index contributed by atoms with van der Waals surface area (Å²) in [5.74, 6) is 1.70. The maximum absolute atomic E-state index is 12.5. The number of hydrogen-bond acceptors (Lipinski definition) is 6. The molecule has 2 aromatic rings. The van der Waals surface area contributed by atoms with E-state index in [9.17, 15) is 8.42 Å². The summed E-state index contributed by atoms with van der Waals surface area (Å²) < 4.78 is 26.0. The summed E-state index contributed by atoms with van der Waals surface area (Å²) in [4.78, 5) is 2.60. The molecule has 0 heterocycles. The summed E-state index contributed by atoms with van der Waals surface area (Å²) in [6.07, 6.45) is 0. The average Bonchev–Trinajstić information content (AvgIpc) is 2.73. The summed E-state index contributed by atoms with van der Waals surface area (Å²) in [5, 5.41) is 8.50. The lowest BCUT2D eigenvalue weighted by Crippen LogP contribution is -2.36. The first-order valence-corrected chi connectivity index (χ1v) is 13.4. The molecule has 0 radical (unpaired) electrons. The molecule has 0 bridgehead atoms. The Morgan fingerprint density at radius 2 is 1.35 bits per heavy atom. The van der Waals surface area contributed by atoms with Crippen molar-refractivity contribution < 1.29 is 12.9 Å². The van der Waals surface area contributed by atoms with Crippen LogP contribution in [0.1, 0.15) is 13.8 Å². The predicted octanol–water partition coefficient (Wildman–Crippen LogP) is 5.16. The number of rotatable bonds is 12. The van der Waals surface area contributed by atoms with Gasteiger partial charge in [0.2, 0.25) is 0 Å². The molecule has 0 aliphatic rings. The van der Waals surface area contributed by atoms with Crippen molar-refractivity contribution in [1.29, 1.82) is 0 Å². The minimum atomic E-state index is -3.28. The number of azo groups is 1. The van der Waals surface area contributed by atoms with E-state index in [0.29, 0.717) is 16.3 Å². The molecule has 0 fully saturated rings. The highest BCUT2D eigenvalue weighted by molar-refractivity contribution is 8.00. The summed E-state index contributed by atoms with van der Waals surface area (Å²) in [6, 6.07) is 14.6. The standard InChI is InChI=1S/C23H35N4O2S2/c1-6-26(7-2)22-12-8-20(9-13-22)24-25-21-10-14-23(15-11-21)31(28,29)19-18-30-17-16-27(3,4)5/h8-15H,6-7,16-19H2,1-5H3/q+1. The monoisotopic (exact) mass is 463 g/mol. The van der Waals surface area contributed by atoms with Crippen LogP contribution in [-0.4, -0.2) is 70.9 Å². The van der Waals surface area contributed by atoms with Crippen LogP contribution in [0.25, 0.3) is 0 Å². The van der Waals surface area contributed by atoms with Crippen LogP contribution in [0.3, 0.4) is 0 Å². The van der Waals surface area contributed by atoms with E-state index in [2.05, 4.69) is 50.1 Å². The van der Waals surface area contributed by atoms with E-state index in [1.165, 1.54) is 0 Å². The lowest BCUT2D eigenvalue weighted by Gasteiger charge is -2.23. The van der Waals surface area contributed by atoms with Crippen molar-refractivity contribution in [1.82, 2.24) is 0 Å². The number of hydrogen-bond donors (Lipinski definition) is 0. The second kappa shape index (κ2) is 11.6. The molecule has 0 spiro atoms. The van der Waals surface area contributed by atoms with E-state index < -0.39 is 9.84 Å². The van der Waals surface area contributed by atoms with Gasteiger partial charge in [0.1, 0.15) is 0 Å². The molecular formula is C23H35N4O2S2+. The first-order valence-electron chi connectivity index (χ1n) is 10.6. The highest BCUT2D eigenvalue weighted by Crippen LogP contribution is 2.23. The Morgan fingerprint density at radius 1 is 0.839 bits per heavy atom. The van der Waals surface area contributed by atoms with Crippen molar-refractivity contribution in [3.63, 3.8) is 0 Å². The number of nitrogens with zero attached hydrogens (tertiary/aromatic N) is 4. The first-order chi connectivity index (χ1) is 14.6. The lowest BCUT2D eigenvalue weighted by atomic mass is 10.2. The number of benzene rings is 2. The summed E-state index contributed by atoms with van der Waals surface area (Å²) in [6.45, 7) is 7.20. The molecule has 0 saturated carbocycles. The summed E-state index contributed by atoms with van der Waals surface area (Å²) >= 11 is 1.68. The topological polar surface area (TPSA) is 62.1 Å². The zero-order valence-corrected chi connectivity index (χ0v) is 20.9. The van der Waals surface area contributed by atoms with Crippen LogP contribution in [0, 0.1) is 0 Å². The van der Waals surface area contributed by atoms with Crippen molar-refractivity contribution in [3.05, 3.63) is 48.5 Å². The zero-order chi connectivity index (χ0) is 22.9. The molecule has 0 aromatic heterocycles. The van der Waals surface area contributed by atoms with Gasteiger partial charge < -0.3 is 9.38 Å². The molecule has 6 nitrogen and oxygen atoms in total. The van der Waals surface area contributed by atoms with E-state index in [1.54, 1.807) is 36.0 Å². The van der Waals surface area contributed by atoms with Crippen LogP contribution in [0.2, 0.25) is 0 Å². The van der Waals surface area contributed by atoms with E-state index in [0.717, 1.165) is 41.2 Å². The molecule has 0 saturated heterocycles. The van der Waals surface area contributed by atoms with E-state index in [4.69, 9.17) is 0 Å². The van der Waals surface area contributed by atoms with Crippen LogP contribution in [0.4, 0.5) is 17.1 Å². The van der Waals surface area contributed by atoms with E-state index in [-0.39, 0.29) is 5.75 Å². The van der Waals surface area contributed by atoms with E-state index in [1.807, 2.05) is 24.3 Å². The number of quaternary nitrogens is 1. The molecular weight excluding hydrogens is 428 g/mol. The molecule has 0 N–H and O–H groups in total. The third-order valence-electron chi connectivity index (χ3n) is 4.86. The van der Waals surface area contributed by atoms with Gasteiger partial charge in [-0.15, -0.1) is 0 Å². The first kappa shape index (κ1) is 25.4. The number of anilines is 1. The lowest BCUT2D eigenvalue weighted by molar-refractivity contribution is -0.867. The Morgan fingerprint density at radius 3 is 1.84 bits per heavy atom. The van der Waals surface area contributed by atoms with Gasteiger partial charge in [-0.05, 0) is 62.4 Å². The van der Waals surface area contributed by atoms with Crippen molar-refractivity contribution in [2.45, 2.75) is 18.7 Å². The van der Waals surface area contributed by atoms with Gasteiger partial charge in [0.25, 0.3) is 0 Å². The van der Waals surface area contributed by atoms with Gasteiger partial charge in [0.15, 0.2) is 9.84 Å². The predicted molar refractivity (Wildman–Crippen MR) is 133 cm³/mol. The molecule has 0 unspecified atom stereocenters. The number of sulfone groups is 1. The Kier molecular flexibility index (Phi) is 9.53. The third-order valence-corrected chi connectivity index (χ3v) is 7.81. The van der Waals surface area contributed by atoms with Gasteiger partial charge in [-0.25, -0.2) is 8.42 Å². The zero-order valence-electron chi connectivity index (χ0n) is 19.3. The minimum Gasteiger partial charge on any atom is -0.372 e. The van der Waals surface area contributed by atoms with Gasteiger partial charge in [0, 0.05) is 30.3 Å². The molecule has 170 valence electrons. The Bertz CT molecular complexity index is 931. The second-order valence-electron chi connectivity index (χ2n) is 8.33. The Hall–Kier alpha value is -1.90. The minimum absolute atomic E-state index is 0.147. The largest absolute Gasteiger partial charge is 0.372 e. The maximum atomic E-state index is 12.5. The average molecular weight is 464 g/mol. The molecule has 0 atom stereocenters. The quantitative estimate of drug-likeness (QED) is 0.248. The van der Waals surface area contributed by atoms with Gasteiger partial charge in [-0.3, -0.25) is 0 Å². The summed E-state index contributed by atoms with van der Waals surface area (Å²) in [7, 11) is 3.13. The van der Waals surface area contributed by atoms with Gasteiger partial charge in [-0.2, -0.15) is 22.0 Å². The van der Waals surface area contributed by atoms with Crippen LogP contribution < -0.4 is 4.90 Å². The van der Waals surface area contributed by atoms with Crippen LogP contribution in [0.5, 0.6) is 0 Å². The fourth-order valence-corrected chi connectivity index (χ4v) is 5.90. The molecule has 2 aromatic carbocycles. The highest BCUT2D eigenvalue weighted by atomic mass is 32.2. The molecule has 0 amide bonds. The fraction of sp³-hybridized carbons (Fsp3) is 0.478. The fourth-order valence-electron chi connectivity index (χ4n) is 2.88. The smallest absolute Gasteiger partial charge is 0.179 e. The van der Waals surface area contributed by atoms with Crippen LogP contribution >= 0.6 is 11.8 Å². The van der Waals surface area contributed by atoms with Gasteiger partial charge >= 0.3 is 0 Å². The molecule has 0 aliphatic heterocycles. The molecule has 2 rings (SSSR count). The van der Waals surface area contributed by atoms with E-state index >= 15 is 0 Å². The molecule has 31 heavy (non-hydrogen) atoms. The van der Waals surface area contributed by atoms with Crippen LogP contribution in [-0.2, 0) is 9.84 Å². The van der Waals surface area contributed by atoms with Crippen molar-refractivity contribution in [2.75, 3.05) is 62.9 Å².